The fraction of sp³-hybridized carbons (Fsp3) is 0.571. The molecular formula is C14H23NO2. The lowest BCUT2D eigenvalue weighted by Crippen LogP contribution is -2.15. The fourth-order valence-corrected chi connectivity index (χ4v) is 1.61. The largest absolute Gasteiger partial charge is 0.493 e. The van der Waals surface area contributed by atoms with Crippen molar-refractivity contribution in [3.05, 3.63) is 29.3 Å². The molecule has 17 heavy (non-hydrogen) atoms. The molecule has 3 heteroatoms. The highest BCUT2D eigenvalue weighted by molar-refractivity contribution is 5.36. The van der Waals surface area contributed by atoms with Gasteiger partial charge in [0.15, 0.2) is 0 Å². The van der Waals surface area contributed by atoms with E-state index in [1.807, 2.05) is 25.1 Å². The van der Waals surface area contributed by atoms with E-state index >= 15 is 0 Å². The second kappa shape index (κ2) is 6.62. The Hall–Kier alpha value is -1.06. The Bertz CT molecular complexity index is 352. The van der Waals surface area contributed by atoms with Crippen molar-refractivity contribution in [2.75, 3.05) is 13.2 Å². The molecule has 3 N–H and O–H groups in total. The smallest absolute Gasteiger partial charge is 0.119 e. The van der Waals surface area contributed by atoms with Crippen LogP contribution in [0.5, 0.6) is 5.75 Å². The Balaban J connectivity index is 2.68. The third-order valence-electron chi connectivity index (χ3n) is 3.07. The van der Waals surface area contributed by atoms with Crippen LogP contribution in [-0.4, -0.2) is 18.3 Å². The van der Waals surface area contributed by atoms with E-state index in [4.69, 9.17) is 15.6 Å². The molecule has 1 rings (SSSR count). The van der Waals surface area contributed by atoms with E-state index in [1.165, 1.54) is 0 Å². The van der Waals surface area contributed by atoms with Crippen LogP contribution in [0.1, 0.15) is 37.4 Å². The molecule has 0 aliphatic heterocycles. The predicted molar refractivity (Wildman–Crippen MR) is 70.1 cm³/mol. The predicted octanol–water partition coefficient (Wildman–Crippen LogP) is 2.41. The molecule has 0 spiro atoms. The van der Waals surface area contributed by atoms with Gasteiger partial charge in [0.25, 0.3) is 0 Å². The number of nitrogens with two attached hydrogens (primary N) is 1. The number of ether oxygens (including phenoxy) is 1. The van der Waals surface area contributed by atoms with Crippen molar-refractivity contribution in [1.29, 1.82) is 0 Å². The standard InChI is InChI=1S/C14H23NO2/c1-4-10(2)9-17-12-5-6-13(11(3)7-12)14(15)8-16/h5-7,10,14,16H,4,8-9,15H2,1-3H3/t10-,14-/m0/s1. The first-order chi connectivity index (χ1) is 8.08. The molecule has 1 aromatic carbocycles. The molecule has 2 atom stereocenters. The number of benzene rings is 1. The monoisotopic (exact) mass is 237 g/mol. The molecule has 3 nitrogen and oxygen atoms in total. The maximum atomic E-state index is 9.03. The second-order valence-corrected chi connectivity index (χ2v) is 4.63. The van der Waals surface area contributed by atoms with Gasteiger partial charge in [-0.1, -0.05) is 26.3 Å². The fourth-order valence-electron chi connectivity index (χ4n) is 1.61. The molecule has 0 aliphatic carbocycles. The Morgan fingerprint density at radius 2 is 2.12 bits per heavy atom. The average molecular weight is 237 g/mol. The number of aryl methyl sites for hydroxylation is 1. The molecule has 0 bridgehead atoms. The first-order valence-electron chi connectivity index (χ1n) is 6.18. The SMILES string of the molecule is CC[C@H](C)COc1ccc([C@@H](N)CO)c(C)c1. The first kappa shape index (κ1) is 14.0. The van der Waals surface area contributed by atoms with Gasteiger partial charge in [-0.2, -0.15) is 0 Å². The third-order valence-corrected chi connectivity index (χ3v) is 3.07. The molecule has 0 unspecified atom stereocenters. The van der Waals surface area contributed by atoms with Crippen molar-refractivity contribution in [2.45, 2.75) is 33.2 Å². The highest BCUT2D eigenvalue weighted by Gasteiger charge is 2.09. The van der Waals surface area contributed by atoms with Crippen molar-refractivity contribution >= 4 is 0 Å². The molecule has 1 aromatic rings. The first-order valence-corrected chi connectivity index (χ1v) is 6.18. The van der Waals surface area contributed by atoms with E-state index in [0.717, 1.165) is 29.9 Å². The minimum absolute atomic E-state index is 0.0338. The Labute approximate surface area is 104 Å². The summed E-state index contributed by atoms with van der Waals surface area (Å²) in [6, 6.07) is 5.52. The third kappa shape index (κ3) is 4.02. The van der Waals surface area contributed by atoms with Gasteiger partial charge in [-0.05, 0) is 36.1 Å². The minimum atomic E-state index is -0.307. The normalized spacial score (nSPS) is 14.4. The number of hydrogen-bond acceptors (Lipinski definition) is 3. The van der Waals surface area contributed by atoms with Gasteiger partial charge in [0, 0.05) is 0 Å². The van der Waals surface area contributed by atoms with Gasteiger partial charge >= 0.3 is 0 Å². The summed E-state index contributed by atoms with van der Waals surface area (Å²) in [7, 11) is 0. The van der Waals surface area contributed by atoms with Crippen LogP contribution in [0.3, 0.4) is 0 Å². The molecule has 0 aliphatic rings. The number of rotatable bonds is 6. The molecule has 0 heterocycles. The van der Waals surface area contributed by atoms with Gasteiger partial charge in [-0.15, -0.1) is 0 Å². The quantitative estimate of drug-likeness (QED) is 0.799. The van der Waals surface area contributed by atoms with Gasteiger partial charge in [0.1, 0.15) is 5.75 Å². The highest BCUT2D eigenvalue weighted by Crippen LogP contribution is 2.21. The lowest BCUT2D eigenvalue weighted by molar-refractivity contribution is 0.255. The second-order valence-electron chi connectivity index (χ2n) is 4.63. The maximum Gasteiger partial charge on any atom is 0.119 e. The van der Waals surface area contributed by atoms with Crippen LogP contribution in [0.25, 0.3) is 0 Å². The molecule has 0 radical (unpaired) electrons. The summed E-state index contributed by atoms with van der Waals surface area (Å²) in [4.78, 5) is 0. The summed E-state index contributed by atoms with van der Waals surface area (Å²) < 4.78 is 5.70. The van der Waals surface area contributed by atoms with Crippen LogP contribution < -0.4 is 10.5 Å². The highest BCUT2D eigenvalue weighted by atomic mass is 16.5. The summed E-state index contributed by atoms with van der Waals surface area (Å²) >= 11 is 0. The van der Waals surface area contributed by atoms with E-state index in [9.17, 15) is 0 Å². The Morgan fingerprint density at radius 3 is 2.65 bits per heavy atom. The summed E-state index contributed by atoms with van der Waals surface area (Å²) in [5.41, 5.74) is 7.84. The van der Waals surface area contributed by atoms with Crippen molar-refractivity contribution < 1.29 is 9.84 Å². The summed E-state index contributed by atoms with van der Waals surface area (Å²) in [5.74, 6) is 1.44. The lowest BCUT2D eigenvalue weighted by atomic mass is 10.0. The van der Waals surface area contributed by atoms with Crippen LogP contribution in [0.4, 0.5) is 0 Å². The van der Waals surface area contributed by atoms with Crippen LogP contribution in [0.15, 0.2) is 18.2 Å². The van der Waals surface area contributed by atoms with Crippen molar-refractivity contribution in [3.8, 4) is 5.75 Å². The summed E-state index contributed by atoms with van der Waals surface area (Å²) in [5, 5.41) is 9.03. The van der Waals surface area contributed by atoms with Crippen molar-refractivity contribution in [3.63, 3.8) is 0 Å². The van der Waals surface area contributed by atoms with Crippen molar-refractivity contribution in [1.82, 2.24) is 0 Å². The average Bonchev–Trinajstić information content (AvgIpc) is 2.35. The van der Waals surface area contributed by atoms with E-state index in [0.29, 0.717) is 5.92 Å². The van der Waals surface area contributed by atoms with Crippen LogP contribution >= 0.6 is 0 Å². The zero-order valence-corrected chi connectivity index (χ0v) is 10.9. The lowest BCUT2D eigenvalue weighted by Gasteiger charge is -2.15. The van der Waals surface area contributed by atoms with Crippen LogP contribution in [0, 0.1) is 12.8 Å². The number of aliphatic hydroxyl groups is 1. The Kier molecular flexibility index (Phi) is 5.45. The minimum Gasteiger partial charge on any atom is -0.493 e. The molecule has 0 aromatic heterocycles. The van der Waals surface area contributed by atoms with Gasteiger partial charge in [0.05, 0.1) is 19.3 Å². The van der Waals surface area contributed by atoms with Gasteiger partial charge < -0.3 is 15.6 Å². The van der Waals surface area contributed by atoms with Gasteiger partial charge in [-0.25, -0.2) is 0 Å². The van der Waals surface area contributed by atoms with E-state index in [1.54, 1.807) is 0 Å². The molecule has 96 valence electrons. The van der Waals surface area contributed by atoms with Gasteiger partial charge in [-0.3, -0.25) is 0 Å². The number of aliphatic hydroxyl groups excluding tert-OH is 1. The van der Waals surface area contributed by atoms with Crippen LogP contribution in [-0.2, 0) is 0 Å². The zero-order valence-electron chi connectivity index (χ0n) is 10.9. The van der Waals surface area contributed by atoms with Crippen LogP contribution in [0.2, 0.25) is 0 Å². The molecule has 0 fully saturated rings. The molecule has 0 saturated carbocycles. The van der Waals surface area contributed by atoms with Gasteiger partial charge in [0.2, 0.25) is 0 Å². The van der Waals surface area contributed by atoms with E-state index < -0.39 is 0 Å². The topological polar surface area (TPSA) is 55.5 Å². The zero-order chi connectivity index (χ0) is 12.8. The molecular weight excluding hydrogens is 214 g/mol. The summed E-state index contributed by atoms with van der Waals surface area (Å²) in [6.07, 6.45) is 1.12. The summed E-state index contributed by atoms with van der Waals surface area (Å²) in [6.45, 7) is 7.02. The molecule has 0 amide bonds. The Morgan fingerprint density at radius 1 is 1.41 bits per heavy atom. The van der Waals surface area contributed by atoms with E-state index in [-0.39, 0.29) is 12.6 Å². The maximum absolute atomic E-state index is 9.03. The number of hydrogen-bond donors (Lipinski definition) is 2. The van der Waals surface area contributed by atoms with E-state index in [2.05, 4.69) is 13.8 Å². The van der Waals surface area contributed by atoms with Crippen molar-refractivity contribution in [2.24, 2.45) is 11.7 Å². The molecule has 0 saturated heterocycles.